The minimum absolute atomic E-state index is 0.481. The molecule has 5 nitrogen and oxygen atoms in total. The molecule has 1 heterocycles. The Morgan fingerprint density at radius 2 is 2.26 bits per heavy atom. The predicted molar refractivity (Wildman–Crippen MR) is 78.3 cm³/mol. The highest BCUT2D eigenvalue weighted by molar-refractivity contribution is 4.99. The standard InChI is InChI=1S/C14H28N4O/c1-5-13(2)18-9-6-14(16-18)12-17(3)10-7-15-8-11-19-4/h6,9,13,15H,5,7-8,10-12H2,1-4H3. The van der Waals surface area contributed by atoms with Crippen LogP contribution >= 0.6 is 0 Å². The zero-order chi connectivity index (χ0) is 14.1. The van der Waals surface area contributed by atoms with Gasteiger partial charge in [-0.2, -0.15) is 5.10 Å². The van der Waals surface area contributed by atoms with Crippen molar-refractivity contribution in [1.82, 2.24) is 20.0 Å². The topological polar surface area (TPSA) is 42.3 Å². The van der Waals surface area contributed by atoms with Gasteiger partial charge in [-0.3, -0.25) is 9.58 Å². The minimum Gasteiger partial charge on any atom is -0.383 e. The molecule has 1 aromatic rings. The third-order valence-electron chi connectivity index (χ3n) is 3.29. The molecule has 1 N–H and O–H groups in total. The van der Waals surface area contributed by atoms with E-state index in [0.29, 0.717) is 6.04 Å². The lowest BCUT2D eigenvalue weighted by Gasteiger charge is -2.15. The molecule has 1 rings (SSSR count). The Hall–Kier alpha value is -0.910. The van der Waals surface area contributed by atoms with E-state index in [-0.39, 0.29) is 0 Å². The van der Waals surface area contributed by atoms with Gasteiger partial charge in [0.25, 0.3) is 0 Å². The highest BCUT2D eigenvalue weighted by Crippen LogP contribution is 2.09. The Balaban J connectivity index is 2.24. The van der Waals surface area contributed by atoms with E-state index in [9.17, 15) is 0 Å². The summed E-state index contributed by atoms with van der Waals surface area (Å²) in [6.45, 7) is 8.95. The summed E-state index contributed by atoms with van der Waals surface area (Å²) in [7, 11) is 3.85. The number of ether oxygens (including phenoxy) is 1. The van der Waals surface area contributed by atoms with Crippen LogP contribution in [0, 0.1) is 0 Å². The molecule has 0 saturated heterocycles. The second-order valence-electron chi connectivity index (χ2n) is 5.02. The molecule has 0 aliphatic heterocycles. The van der Waals surface area contributed by atoms with E-state index in [4.69, 9.17) is 4.74 Å². The number of aromatic nitrogens is 2. The fourth-order valence-corrected chi connectivity index (χ4v) is 1.82. The van der Waals surface area contributed by atoms with Crippen molar-refractivity contribution in [2.24, 2.45) is 0 Å². The molecule has 0 radical (unpaired) electrons. The Kier molecular flexibility index (Phi) is 7.70. The molecule has 0 spiro atoms. The lowest BCUT2D eigenvalue weighted by molar-refractivity contribution is 0.197. The zero-order valence-electron chi connectivity index (χ0n) is 12.7. The number of rotatable bonds is 10. The summed E-state index contributed by atoms with van der Waals surface area (Å²) in [5, 5.41) is 7.96. The summed E-state index contributed by atoms with van der Waals surface area (Å²) < 4.78 is 7.05. The lowest BCUT2D eigenvalue weighted by Crippen LogP contribution is -2.30. The number of hydrogen-bond acceptors (Lipinski definition) is 4. The molecule has 1 unspecified atom stereocenters. The zero-order valence-corrected chi connectivity index (χ0v) is 12.7. The number of likely N-dealkylation sites (N-methyl/N-ethyl adjacent to an activating group) is 1. The molecule has 0 aromatic carbocycles. The van der Waals surface area contributed by atoms with Crippen LogP contribution in [0.15, 0.2) is 12.3 Å². The van der Waals surface area contributed by atoms with Crippen LogP contribution in [0.1, 0.15) is 32.0 Å². The van der Waals surface area contributed by atoms with Gasteiger partial charge in [0.2, 0.25) is 0 Å². The summed E-state index contributed by atoms with van der Waals surface area (Å²) >= 11 is 0. The smallest absolute Gasteiger partial charge is 0.0764 e. The molecule has 1 atom stereocenters. The summed E-state index contributed by atoms with van der Waals surface area (Å²) in [6.07, 6.45) is 3.19. The molecule has 0 saturated carbocycles. The van der Waals surface area contributed by atoms with E-state index < -0.39 is 0 Å². The first-order valence-corrected chi connectivity index (χ1v) is 7.09. The van der Waals surface area contributed by atoms with Gasteiger partial charge in [0, 0.05) is 45.5 Å². The van der Waals surface area contributed by atoms with Crippen molar-refractivity contribution in [2.45, 2.75) is 32.9 Å². The van der Waals surface area contributed by atoms with Crippen LogP contribution < -0.4 is 5.32 Å². The van der Waals surface area contributed by atoms with Crippen molar-refractivity contribution in [1.29, 1.82) is 0 Å². The van der Waals surface area contributed by atoms with Crippen molar-refractivity contribution >= 4 is 0 Å². The van der Waals surface area contributed by atoms with Crippen LogP contribution in [0.4, 0.5) is 0 Å². The third-order valence-corrected chi connectivity index (χ3v) is 3.29. The van der Waals surface area contributed by atoms with Gasteiger partial charge in [0.05, 0.1) is 12.3 Å². The maximum atomic E-state index is 4.99. The van der Waals surface area contributed by atoms with Crippen LogP contribution in [0.2, 0.25) is 0 Å². The van der Waals surface area contributed by atoms with Crippen molar-refractivity contribution in [3.8, 4) is 0 Å². The maximum Gasteiger partial charge on any atom is 0.0764 e. The van der Waals surface area contributed by atoms with Gasteiger partial charge in [-0.15, -0.1) is 0 Å². The number of hydrogen-bond donors (Lipinski definition) is 1. The molecule has 5 heteroatoms. The van der Waals surface area contributed by atoms with Gasteiger partial charge >= 0.3 is 0 Å². The van der Waals surface area contributed by atoms with E-state index in [1.807, 2.05) is 0 Å². The van der Waals surface area contributed by atoms with Crippen molar-refractivity contribution < 1.29 is 4.74 Å². The Morgan fingerprint density at radius 1 is 1.47 bits per heavy atom. The first-order chi connectivity index (χ1) is 9.17. The van der Waals surface area contributed by atoms with Crippen molar-refractivity contribution in [3.05, 3.63) is 18.0 Å². The molecular weight excluding hydrogens is 240 g/mol. The molecule has 1 aromatic heterocycles. The number of nitrogens with zero attached hydrogens (tertiary/aromatic N) is 3. The van der Waals surface area contributed by atoms with Gasteiger partial charge < -0.3 is 10.1 Å². The van der Waals surface area contributed by atoms with Crippen LogP contribution in [0.5, 0.6) is 0 Å². The summed E-state index contributed by atoms with van der Waals surface area (Å²) in [4.78, 5) is 2.28. The Labute approximate surface area is 116 Å². The van der Waals surface area contributed by atoms with E-state index in [1.54, 1.807) is 7.11 Å². The molecular formula is C14H28N4O. The van der Waals surface area contributed by atoms with E-state index in [0.717, 1.165) is 44.9 Å². The molecule has 0 aliphatic rings. The fraction of sp³-hybridized carbons (Fsp3) is 0.786. The highest BCUT2D eigenvalue weighted by Gasteiger charge is 2.06. The number of methoxy groups -OCH3 is 1. The summed E-state index contributed by atoms with van der Waals surface area (Å²) in [5.41, 5.74) is 1.14. The van der Waals surface area contributed by atoms with Crippen LogP contribution in [-0.4, -0.2) is 55.1 Å². The summed E-state index contributed by atoms with van der Waals surface area (Å²) in [5.74, 6) is 0. The third kappa shape index (κ3) is 6.18. The van der Waals surface area contributed by atoms with Gasteiger partial charge in [-0.25, -0.2) is 0 Å². The first kappa shape index (κ1) is 16.1. The lowest BCUT2D eigenvalue weighted by atomic mass is 10.3. The average Bonchev–Trinajstić information content (AvgIpc) is 2.86. The fourth-order valence-electron chi connectivity index (χ4n) is 1.82. The van der Waals surface area contributed by atoms with Gasteiger partial charge in [0.15, 0.2) is 0 Å². The highest BCUT2D eigenvalue weighted by atomic mass is 16.5. The minimum atomic E-state index is 0.481. The van der Waals surface area contributed by atoms with Crippen LogP contribution in [0.3, 0.4) is 0 Å². The van der Waals surface area contributed by atoms with E-state index >= 15 is 0 Å². The second kappa shape index (κ2) is 9.07. The van der Waals surface area contributed by atoms with Crippen molar-refractivity contribution in [3.63, 3.8) is 0 Å². The normalized spacial score (nSPS) is 13.1. The molecule has 0 amide bonds. The van der Waals surface area contributed by atoms with Crippen LogP contribution in [-0.2, 0) is 11.3 Å². The molecule has 0 bridgehead atoms. The average molecular weight is 268 g/mol. The predicted octanol–water partition coefficient (Wildman–Crippen LogP) is 1.52. The van der Waals surface area contributed by atoms with Crippen molar-refractivity contribution in [2.75, 3.05) is 40.4 Å². The van der Waals surface area contributed by atoms with Crippen LogP contribution in [0.25, 0.3) is 0 Å². The van der Waals surface area contributed by atoms with Gasteiger partial charge in [0.1, 0.15) is 0 Å². The van der Waals surface area contributed by atoms with E-state index in [1.165, 1.54) is 0 Å². The molecule has 110 valence electrons. The Morgan fingerprint density at radius 3 is 2.95 bits per heavy atom. The molecule has 19 heavy (non-hydrogen) atoms. The SMILES string of the molecule is CCC(C)n1ccc(CN(C)CCNCCOC)n1. The largest absolute Gasteiger partial charge is 0.383 e. The maximum absolute atomic E-state index is 4.99. The van der Waals surface area contributed by atoms with E-state index in [2.05, 4.69) is 53.2 Å². The quantitative estimate of drug-likeness (QED) is 0.653. The summed E-state index contributed by atoms with van der Waals surface area (Å²) in [6, 6.07) is 2.59. The Bertz CT molecular complexity index is 340. The monoisotopic (exact) mass is 268 g/mol. The molecule has 0 aliphatic carbocycles. The van der Waals surface area contributed by atoms with Gasteiger partial charge in [-0.05, 0) is 26.5 Å². The molecule has 0 fully saturated rings. The number of nitrogens with one attached hydrogen (secondary N) is 1. The van der Waals surface area contributed by atoms with Gasteiger partial charge in [-0.1, -0.05) is 6.92 Å². The first-order valence-electron chi connectivity index (χ1n) is 7.09. The second-order valence-corrected chi connectivity index (χ2v) is 5.02.